The fourth-order valence-corrected chi connectivity index (χ4v) is 4.22. The van der Waals surface area contributed by atoms with Crippen LogP contribution in [0.5, 0.6) is 0 Å². The molecule has 1 saturated heterocycles. The minimum Gasteiger partial charge on any atom is -0.399 e. The van der Waals surface area contributed by atoms with E-state index in [9.17, 15) is 9.59 Å². The number of amides is 3. The molecule has 0 bridgehead atoms. The second-order valence-corrected chi connectivity index (χ2v) is 8.04. The highest BCUT2D eigenvalue weighted by molar-refractivity contribution is 9.10. The molecule has 6 nitrogen and oxygen atoms in total. The van der Waals surface area contributed by atoms with Gasteiger partial charge < -0.3 is 20.9 Å². The lowest BCUT2D eigenvalue weighted by Crippen LogP contribution is -2.45. The molecule has 0 aromatic heterocycles. The Morgan fingerprint density at radius 3 is 2.57 bits per heavy atom. The maximum atomic E-state index is 12.8. The van der Waals surface area contributed by atoms with Crippen LogP contribution in [0, 0.1) is 0 Å². The third-order valence-corrected chi connectivity index (χ3v) is 5.97. The summed E-state index contributed by atoms with van der Waals surface area (Å²) in [6.07, 6.45) is 1.89. The van der Waals surface area contributed by atoms with Crippen LogP contribution in [-0.4, -0.2) is 41.4 Å². The van der Waals surface area contributed by atoms with Crippen molar-refractivity contribution in [3.8, 4) is 0 Å². The van der Waals surface area contributed by atoms with Crippen molar-refractivity contribution in [3.63, 3.8) is 0 Å². The Balaban J connectivity index is 0.00000320. The van der Waals surface area contributed by atoms with Crippen molar-refractivity contribution in [3.05, 3.63) is 64.1 Å². The smallest absolute Gasteiger partial charge is 0.318 e. The zero-order chi connectivity index (χ0) is 20.8. The third-order valence-electron chi connectivity index (χ3n) is 5.25. The van der Waals surface area contributed by atoms with Crippen molar-refractivity contribution in [1.29, 1.82) is 0 Å². The van der Waals surface area contributed by atoms with Gasteiger partial charge in [0.2, 0.25) is 5.91 Å². The second-order valence-electron chi connectivity index (χ2n) is 7.18. The molecule has 162 valence electrons. The molecule has 1 fully saturated rings. The highest BCUT2D eigenvalue weighted by Gasteiger charge is 2.31. The molecule has 0 spiro atoms. The van der Waals surface area contributed by atoms with Crippen molar-refractivity contribution < 1.29 is 9.59 Å². The molecule has 0 aliphatic carbocycles. The molecule has 3 N–H and O–H groups in total. The van der Waals surface area contributed by atoms with E-state index < -0.39 is 0 Å². The van der Waals surface area contributed by atoms with E-state index in [1.807, 2.05) is 60.4 Å². The Bertz CT molecular complexity index is 862. The Kier molecular flexibility index (Phi) is 8.99. The maximum absolute atomic E-state index is 12.8. The summed E-state index contributed by atoms with van der Waals surface area (Å²) in [5, 5.41) is 2.79. The Morgan fingerprint density at radius 2 is 1.90 bits per heavy atom. The lowest BCUT2D eigenvalue weighted by Gasteiger charge is -2.27. The number of halogens is 2. The number of carbonyl (C=O) groups excluding carboxylic acids is 2. The Hall–Kier alpha value is -2.25. The van der Waals surface area contributed by atoms with Crippen LogP contribution < -0.4 is 11.1 Å². The summed E-state index contributed by atoms with van der Waals surface area (Å²) in [5.41, 5.74) is 8.52. The van der Waals surface area contributed by atoms with Crippen LogP contribution in [0.2, 0.25) is 0 Å². The number of urea groups is 1. The van der Waals surface area contributed by atoms with Gasteiger partial charge >= 0.3 is 6.03 Å². The monoisotopic (exact) mass is 494 g/mol. The number of nitrogens with one attached hydrogen (secondary N) is 1. The summed E-state index contributed by atoms with van der Waals surface area (Å²) in [4.78, 5) is 28.9. The van der Waals surface area contributed by atoms with Gasteiger partial charge in [-0.2, -0.15) is 0 Å². The molecule has 3 rings (SSSR count). The van der Waals surface area contributed by atoms with Crippen LogP contribution in [0.3, 0.4) is 0 Å². The summed E-state index contributed by atoms with van der Waals surface area (Å²) in [6.45, 7) is 3.65. The molecular formula is C22H28BrClN4O2. The number of hydrogen-bond acceptors (Lipinski definition) is 3. The highest BCUT2D eigenvalue weighted by atomic mass is 79.9. The summed E-state index contributed by atoms with van der Waals surface area (Å²) in [6, 6.07) is 15.3. The number of benzene rings is 2. The van der Waals surface area contributed by atoms with Crippen LogP contribution in [0.4, 0.5) is 10.5 Å². The topological polar surface area (TPSA) is 78.7 Å². The SMILES string of the molecule is CCN(Cc1ccc(N)cc1)C(=O)NCC(=O)N1CCCC1c1ccccc1Br.Cl. The van der Waals surface area contributed by atoms with Crippen molar-refractivity contribution in [2.75, 3.05) is 25.4 Å². The van der Waals surface area contributed by atoms with Gasteiger partial charge in [-0.3, -0.25) is 4.79 Å². The minimum atomic E-state index is -0.241. The summed E-state index contributed by atoms with van der Waals surface area (Å²) in [5.74, 6) is -0.0554. The first-order valence-corrected chi connectivity index (χ1v) is 10.7. The van der Waals surface area contributed by atoms with Gasteiger partial charge in [-0.05, 0) is 49.1 Å². The molecule has 30 heavy (non-hydrogen) atoms. The summed E-state index contributed by atoms with van der Waals surface area (Å²) >= 11 is 3.59. The zero-order valence-electron chi connectivity index (χ0n) is 17.0. The van der Waals surface area contributed by atoms with E-state index >= 15 is 0 Å². The first kappa shape index (κ1) is 24.0. The average molecular weight is 496 g/mol. The number of hydrogen-bond donors (Lipinski definition) is 2. The lowest BCUT2D eigenvalue weighted by atomic mass is 10.0. The first-order chi connectivity index (χ1) is 14.0. The molecule has 2 aromatic carbocycles. The molecular weight excluding hydrogens is 468 g/mol. The Morgan fingerprint density at radius 1 is 1.20 bits per heavy atom. The van der Waals surface area contributed by atoms with Crippen molar-refractivity contribution in [2.45, 2.75) is 32.4 Å². The average Bonchev–Trinajstić information content (AvgIpc) is 3.21. The lowest BCUT2D eigenvalue weighted by molar-refractivity contribution is -0.131. The molecule has 1 atom stereocenters. The van der Waals surface area contributed by atoms with E-state index in [2.05, 4.69) is 21.2 Å². The number of carbonyl (C=O) groups is 2. The second kappa shape index (κ2) is 11.2. The highest BCUT2D eigenvalue weighted by Crippen LogP contribution is 2.35. The van der Waals surface area contributed by atoms with Crippen molar-refractivity contribution in [1.82, 2.24) is 15.1 Å². The standard InChI is InChI=1S/C22H27BrN4O2.ClH/c1-2-26(15-16-9-11-17(24)12-10-16)22(29)25-14-21(28)27-13-5-8-20(27)18-6-3-4-7-19(18)23;/h3-4,6-7,9-12,20H,2,5,8,13-15,24H2,1H3,(H,25,29);1H. The fraction of sp³-hybridized carbons (Fsp3) is 0.364. The fourth-order valence-electron chi connectivity index (χ4n) is 3.67. The molecule has 1 aliphatic heterocycles. The number of nitrogens with two attached hydrogens (primary N) is 1. The number of anilines is 1. The van der Waals surface area contributed by atoms with Gasteiger partial charge in [0.25, 0.3) is 0 Å². The van der Waals surface area contributed by atoms with E-state index in [4.69, 9.17) is 5.73 Å². The largest absolute Gasteiger partial charge is 0.399 e. The molecule has 1 heterocycles. The molecule has 3 amide bonds. The van der Waals surface area contributed by atoms with Gasteiger partial charge in [-0.25, -0.2) is 4.79 Å². The maximum Gasteiger partial charge on any atom is 0.318 e. The van der Waals surface area contributed by atoms with Gasteiger partial charge in [-0.15, -0.1) is 12.4 Å². The van der Waals surface area contributed by atoms with E-state index in [0.717, 1.165) is 28.4 Å². The predicted molar refractivity (Wildman–Crippen MR) is 125 cm³/mol. The van der Waals surface area contributed by atoms with Gasteiger partial charge in [0.15, 0.2) is 0 Å². The van der Waals surface area contributed by atoms with Crippen LogP contribution in [-0.2, 0) is 11.3 Å². The van der Waals surface area contributed by atoms with Crippen LogP contribution in [0.1, 0.15) is 36.9 Å². The van der Waals surface area contributed by atoms with Crippen LogP contribution >= 0.6 is 28.3 Å². The molecule has 1 aliphatic rings. The quantitative estimate of drug-likeness (QED) is 0.585. The van der Waals surface area contributed by atoms with Crippen molar-refractivity contribution in [2.24, 2.45) is 0 Å². The van der Waals surface area contributed by atoms with Crippen LogP contribution in [0.15, 0.2) is 53.0 Å². The van der Waals surface area contributed by atoms with E-state index in [-0.39, 0.29) is 36.9 Å². The number of likely N-dealkylation sites (tertiary alicyclic amines) is 1. The number of nitrogens with zero attached hydrogens (tertiary/aromatic N) is 2. The third kappa shape index (κ3) is 5.89. The van der Waals surface area contributed by atoms with Crippen LogP contribution in [0.25, 0.3) is 0 Å². The van der Waals surface area contributed by atoms with Gasteiger partial charge in [-0.1, -0.05) is 46.3 Å². The normalized spacial score (nSPS) is 15.4. The van der Waals surface area contributed by atoms with Gasteiger partial charge in [0.05, 0.1) is 12.6 Å². The predicted octanol–water partition coefficient (Wildman–Crippen LogP) is 4.35. The molecule has 1 unspecified atom stereocenters. The molecule has 0 saturated carbocycles. The summed E-state index contributed by atoms with van der Waals surface area (Å²) in [7, 11) is 0. The number of nitrogen functional groups attached to an aromatic ring is 1. The van der Waals surface area contributed by atoms with Gasteiger partial charge in [0, 0.05) is 29.8 Å². The molecule has 8 heteroatoms. The number of rotatable bonds is 6. The molecule has 2 aromatic rings. The molecule has 0 radical (unpaired) electrons. The van der Waals surface area contributed by atoms with E-state index in [0.29, 0.717) is 25.3 Å². The Labute approximate surface area is 192 Å². The zero-order valence-corrected chi connectivity index (χ0v) is 19.4. The summed E-state index contributed by atoms with van der Waals surface area (Å²) < 4.78 is 1.01. The van der Waals surface area contributed by atoms with E-state index in [1.165, 1.54) is 0 Å². The minimum absolute atomic E-state index is 0. The first-order valence-electron chi connectivity index (χ1n) is 9.90. The van der Waals surface area contributed by atoms with E-state index in [1.54, 1.807) is 4.90 Å². The van der Waals surface area contributed by atoms with Gasteiger partial charge in [0.1, 0.15) is 0 Å². The van der Waals surface area contributed by atoms with Crippen molar-refractivity contribution >= 4 is 46.0 Å².